The van der Waals surface area contributed by atoms with Crippen LogP contribution in [0.2, 0.25) is 0 Å². The maximum Gasteiger partial charge on any atom is 0.265 e. The molecule has 0 atom stereocenters. The molecule has 0 bridgehead atoms. The van der Waals surface area contributed by atoms with Gasteiger partial charge in [0.25, 0.3) is 5.91 Å². The average molecular weight is 380 g/mol. The zero-order chi connectivity index (χ0) is 19.2. The molecule has 0 saturated carbocycles. The molecule has 1 heterocycles. The lowest BCUT2D eigenvalue weighted by atomic mass is 10.2. The minimum Gasteiger partial charge on any atom is -0.489 e. The Kier molecular flexibility index (Phi) is 5.88. The molecule has 0 fully saturated rings. The Labute approximate surface area is 162 Å². The van der Waals surface area contributed by atoms with Gasteiger partial charge in [0.05, 0.1) is 4.88 Å². The molecule has 0 unspecified atom stereocenters. The summed E-state index contributed by atoms with van der Waals surface area (Å²) >= 11 is 1.38. The van der Waals surface area contributed by atoms with Gasteiger partial charge in [-0.3, -0.25) is 9.59 Å². The first-order chi connectivity index (χ1) is 13.0. The first kappa shape index (κ1) is 18.7. The zero-order valence-corrected chi connectivity index (χ0v) is 15.9. The molecule has 27 heavy (non-hydrogen) atoms. The van der Waals surface area contributed by atoms with Crippen LogP contribution in [0.4, 0.5) is 11.4 Å². The first-order valence-corrected chi connectivity index (χ1v) is 9.33. The third-order valence-electron chi connectivity index (χ3n) is 3.74. The van der Waals surface area contributed by atoms with E-state index in [4.69, 9.17) is 4.74 Å². The van der Waals surface area contributed by atoms with Crippen molar-refractivity contribution in [1.82, 2.24) is 0 Å². The van der Waals surface area contributed by atoms with Crippen LogP contribution < -0.4 is 15.4 Å². The number of hydrogen-bond acceptors (Lipinski definition) is 4. The molecule has 0 saturated heterocycles. The number of hydrogen-bond donors (Lipinski definition) is 2. The number of benzene rings is 2. The summed E-state index contributed by atoms with van der Waals surface area (Å²) in [7, 11) is 0. The van der Waals surface area contributed by atoms with Crippen LogP contribution in [0.15, 0.2) is 60.0 Å². The predicted octanol–water partition coefficient (Wildman–Crippen LogP) is 4.85. The lowest BCUT2D eigenvalue weighted by Crippen LogP contribution is -2.10. The summed E-state index contributed by atoms with van der Waals surface area (Å²) in [4.78, 5) is 24.0. The van der Waals surface area contributed by atoms with E-state index in [1.54, 1.807) is 24.3 Å². The lowest BCUT2D eigenvalue weighted by molar-refractivity contribution is -0.114. The Bertz CT molecular complexity index is 948. The Hall–Kier alpha value is -3.12. The topological polar surface area (TPSA) is 67.4 Å². The minimum atomic E-state index is -0.172. The van der Waals surface area contributed by atoms with Crippen LogP contribution in [0.1, 0.15) is 27.7 Å². The highest BCUT2D eigenvalue weighted by atomic mass is 32.1. The summed E-state index contributed by atoms with van der Waals surface area (Å²) in [5, 5.41) is 7.46. The molecular formula is C21H20N2O3S. The molecule has 1 aromatic heterocycles. The lowest BCUT2D eigenvalue weighted by Gasteiger charge is -2.06. The molecule has 0 aliphatic carbocycles. The summed E-state index contributed by atoms with van der Waals surface area (Å²) < 4.78 is 5.77. The van der Waals surface area contributed by atoms with Gasteiger partial charge < -0.3 is 15.4 Å². The van der Waals surface area contributed by atoms with E-state index >= 15 is 0 Å². The molecule has 0 spiro atoms. The van der Waals surface area contributed by atoms with Gasteiger partial charge >= 0.3 is 0 Å². The highest BCUT2D eigenvalue weighted by Crippen LogP contribution is 2.20. The zero-order valence-electron chi connectivity index (χ0n) is 15.1. The Morgan fingerprint density at radius 2 is 1.70 bits per heavy atom. The van der Waals surface area contributed by atoms with Crippen LogP contribution in [0.5, 0.6) is 5.75 Å². The highest BCUT2D eigenvalue weighted by molar-refractivity contribution is 7.12. The van der Waals surface area contributed by atoms with E-state index < -0.39 is 0 Å². The second kappa shape index (κ2) is 8.51. The van der Waals surface area contributed by atoms with Crippen LogP contribution in [0.3, 0.4) is 0 Å². The third-order valence-corrected chi connectivity index (χ3v) is 4.71. The number of ether oxygens (including phenoxy) is 1. The highest BCUT2D eigenvalue weighted by Gasteiger charge is 2.10. The second-order valence-corrected chi connectivity index (χ2v) is 7.05. The van der Waals surface area contributed by atoms with Gasteiger partial charge in [-0.1, -0.05) is 12.1 Å². The third kappa shape index (κ3) is 5.43. The van der Waals surface area contributed by atoms with Crippen LogP contribution in [-0.4, -0.2) is 11.8 Å². The normalized spacial score (nSPS) is 10.3. The summed E-state index contributed by atoms with van der Waals surface area (Å²) in [6, 6.07) is 16.7. The fraction of sp³-hybridized carbons (Fsp3) is 0.143. The van der Waals surface area contributed by atoms with E-state index in [1.165, 1.54) is 18.3 Å². The van der Waals surface area contributed by atoms with Gasteiger partial charge in [0.15, 0.2) is 0 Å². The Morgan fingerprint density at radius 1 is 1.00 bits per heavy atom. The molecule has 3 rings (SSSR count). The van der Waals surface area contributed by atoms with Crippen molar-refractivity contribution in [3.05, 3.63) is 76.0 Å². The number of anilines is 2. The fourth-order valence-electron chi connectivity index (χ4n) is 2.47. The smallest absolute Gasteiger partial charge is 0.265 e. The van der Waals surface area contributed by atoms with E-state index in [1.807, 2.05) is 42.6 Å². The van der Waals surface area contributed by atoms with Gasteiger partial charge in [0.1, 0.15) is 12.4 Å². The molecule has 0 radical (unpaired) electrons. The summed E-state index contributed by atoms with van der Waals surface area (Å²) in [5.41, 5.74) is 3.45. The molecule has 2 aromatic carbocycles. The fourth-order valence-corrected chi connectivity index (χ4v) is 3.27. The molecule has 2 N–H and O–H groups in total. The van der Waals surface area contributed by atoms with Crippen molar-refractivity contribution in [2.24, 2.45) is 0 Å². The Morgan fingerprint density at radius 3 is 2.37 bits per heavy atom. The molecule has 0 aliphatic rings. The maximum absolute atomic E-state index is 12.4. The number of thiophene rings is 1. The SMILES string of the molecule is CC(=O)Nc1ccc(NC(=O)c2cc(COc3cccc(C)c3)cs2)cc1. The van der Waals surface area contributed by atoms with Gasteiger partial charge in [-0.25, -0.2) is 0 Å². The number of aryl methyl sites for hydroxylation is 1. The van der Waals surface area contributed by atoms with Crippen molar-refractivity contribution in [1.29, 1.82) is 0 Å². The monoisotopic (exact) mass is 380 g/mol. The van der Waals surface area contributed by atoms with Crippen molar-refractivity contribution < 1.29 is 14.3 Å². The van der Waals surface area contributed by atoms with Crippen LogP contribution in [0, 0.1) is 6.92 Å². The number of carbonyl (C=O) groups excluding carboxylic acids is 2. The molecule has 138 valence electrons. The van der Waals surface area contributed by atoms with Crippen LogP contribution >= 0.6 is 11.3 Å². The van der Waals surface area contributed by atoms with Gasteiger partial charge in [0.2, 0.25) is 5.91 Å². The van der Waals surface area contributed by atoms with Crippen LogP contribution in [0.25, 0.3) is 0 Å². The minimum absolute atomic E-state index is 0.134. The van der Waals surface area contributed by atoms with Gasteiger partial charge in [-0.2, -0.15) is 0 Å². The van der Waals surface area contributed by atoms with Crippen molar-refractivity contribution in [3.63, 3.8) is 0 Å². The molecule has 2 amide bonds. The number of carbonyl (C=O) groups is 2. The molecule has 3 aromatic rings. The van der Waals surface area contributed by atoms with Crippen molar-refractivity contribution in [2.45, 2.75) is 20.5 Å². The van der Waals surface area contributed by atoms with Crippen molar-refractivity contribution in [3.8, 4) is 5.75 Å². The van der Waals surface area contributed by atoms with Crippen LogP contribution in [-0.2, 0) is 11.4 Å². The predicted molar refractivity (Wildman–Crippen MR) is 109 cm³/mol. The largest absolute Gasteiger partial charge is 0.489 e. The average Bonchev–Trinajstić information content (AvgIpc) is 3.10. The number of amides is 2. The van der Waals surface area contributed by atoms with Gasteiger partial charge in [-0.05, 0) is 60.3 Å². The van der Waals surface area contributed by atoms with E-state index in [-0.39, 0.29) is 11.8 Å². The number of nitrogens with one attached hydrogen (secondary N) is 2. The van der Waals surface area contributed by atoms with E-state index in [0.29, 0.717) is 22.9 Å². The quantitative estimate of drug-likeness (QED) is 0.643. The Balaban J connectivity index is 1.57. The second-order valence-electron chi connectivity index (χ2n) is 6.14. The van der Waals surface area contributed by atoms with E-state index in [9.17, 15) is 9.59 Å². The van der Waals surface area contributed by atoms with Gasteiger partial charge in [-0.15, -0.1) is 11.3 Å². The van der Waals surface area contributed by atoms with Crippen molar-refractivity contribution >= 4 is 34.5 Å². The van der Waals surface area contributed by atoms with E-state index in [2.05, 4.69) is 10.6 Å². The standard InChI is InChI=1S/C21H20N2O3S/c1-14-4-3-5-19(10-14)26-12-16-11-20(27-13-16)21(25)23-18-8-6-17(7-9-18)22-15(2)24/h3-11,13H,12H2,1-2H3,(H,22,24)(H,23,25). The summed E-state index contributed by atoms with van der Waals surface area (Å²) in [6.07, 6.45) is 0. The van der Waals surface area contributed by atoms with Crippen molar-refractivity contribution in [2.75, 3.05) is 10.6 Å². The summed E-state index contributed by atoms with van der Waals surface area (Å²) in [6.45, 7) is 3.88. The molecular weight excluding hydrogens is 360 g/mol. The first-order valence-electron chi connectivity index (χ1n) is 8.45. The molecule has 5 nitrogen and oxygen atoms in total. The molecule has 6 heteroatoms. The number of rotatable bonds is 6. The van der Waals surface area contributed by atoms with E-state index in [0.717, 1.165) is 16.9 Å². The summed E-state index contributed by atoms with van der Waals surface area (Å²) in [5.74, 6) is 0.506. The van der Waals surface area contributed by atoms with Gasteiger partial charge in [0, 0.05) is 23.9 Å². The maximum atomic E-state index is 12.4. The molecule has 0 aliphatic heterocycles.